The molecule has 144 valence electrons. The highest BCUT2D eigenvalue weighted by molar-refractivity contribution is 5.90. The van der Waals surface area contributed by atoms with E-state index < -0.39 is 43.1 Å². The number of carbonyl (C=O) groups excluding carboxylic acids is 4. The number of hydrogen-bond donors (Lipinski definition) is 3. The molecule has 1 aromatic carbocycles. The smallest absolute Gasteiger partial charge is 0.407 e. The lowest BCUT2D eigenvalue weighted by atomic mass is 10.2. The zero-order valence-electron chi connectivity index (χ0n) is 14.7. The second-order valence-corrected chi connectivity index (χ2v) is 5.24. The Kier molecular flexibility index (Phi) is 9.41. The summed E-state index contributed by atoms with van der Waals surface area (Å²) in [4.78, 5) is 46.2. The molecule has 1 rings (SSSR count). The Morgan fingerprint density at radius 2 is 1.78 bits per heavy atom. The fraction of sp³-hybridized carbons (Fsp3) is 0.353. The molecule has 3 N–H and O–H groups in total. The molecule has 0 heterocycles. The number of nitriles is 1. The normalized spacial score (nSPS) is 10.7. The van der Waals surface area contributed by atoms with Gasteiger partial charge in [-0.25, -0.2) is 4.79 Å². The number of amides is 3. The first kappa shape index (κ1) is 21.4. The van der Waals surface area contributed by atoms with Crippen LogP contribution >= 0.6 is 0 Å². The molecule has 0 saturated carbocycles. The van der Waals surface area contributed by atoms with Gasteiger partial charge in [0.1, 0.15) is 31.8 Å². The maximum atomic E-state index is 11.7. The van der Waals surface area contributed by atoms with Crippen molar-refractivity contribution in [3.63, 3.8) is 0 Å². The van der Waals surface area contributed by atoms with Gasteiger partial charge in [-0.2, -0.15) is 5.26 Å². The van der Waals surface area contributed by atoms with E-state index in [-0.39, 0.29) is 13.2 Å². The van der Waals surface area contributed by atoms with Gasteiger partial charge in [0.2, 0.25) is 11.8 Å². The van der Waals surface area contributed by atoms with Crippen LogP contribution in [0, 0.1) is 11.3 Å². The zero-order valence-corrected chi connectivity index (χ0v) is 14.7. The van der Waals surface area contributed by atoms with Gasteiger partial charge < -0.3 is 25.4 Å². The summed E-state index contributed by atoms with van der Waals surface area (Å²) in [6.45, 7) is 0.254. The molecule has 0 aliphatic heterocycles. The van der Waals surface area contributed by atoms with E-state index in [9.17, 15) is 19.2 Å². The molecule has 1 atom stereocenters. The summed E-state index contributed by atoms with van der Waals surface area (Å²) in [5.41, 5.74) is 0.802. The molecule has 0 aliphatic carbocycles. The monoisotopic (exact) mass is 376 g/mol. The van der Waals surface area contributed by atoms with E-state index in [2.05, 4.69) is 20.7 Å². The summed E-state index contributed by atoms with van der Waals surface area (Å²) in [5, 5.41) is 15.1. The first-order chi connectivity index (χ1) is 12.9. The van der Waals surface area contributed by atoms with Crippen molar-refractivity contribution < 1.29 is 28.7 Å². The van der Waals surface area contributed by atoms with Crippen molar-refractivity contribution in [1.29, 1.82) is 5.26 Å². The van der Waals surface area contributed by atoms with Gasteiger partial charge in [0, 0.05) is 0 Å². The number of rotatable bonds is 9. The number of hydrogen-bond acceptors (Lipinski definition) is 7. The summed E-state index contributed by atoms with van der Waals surface area (Å²) in [6.07, 6.45) is -0.772. The van der Waals surface area contributed by atoms with Crippen molar-refractivity contribution in [2.75, 3.05) is 19.7 Å². The molecule has 0 bridgehead atoms. The van der Waals surface area contributed by atoms with Gasteiger partial charge in [0.05, 0.1) is 0 Å². The SMILES string of the molecule is CC(NC(=O)CNC(=O)OCc1ccccc1)C(=O)NCC(=O)OCC#N. The minimum Gasteiger partial charge on any atom is -0.449 e. The maximum absolute atomic E-state index is 11.7. The van der Waals surface area contributed by atoms with E-state index in [0.717, 1.165) is 5.56 Å². The quantitative estimate of drug-likeness (QED) is 0.497. The van der Waals surface area contributed by atoms with Crippen LogP contribution in [0.2, 0.25) is 0 Å². The van der Waals surface area contributed by atoms with Crippen LogP contribution in [-0.4, -0.2) is 49.6 Å². The van der Waals surface area contributed by atoms with E-state index in [0.29, 0.717) is 0 Å². The average molecular weight is 376 g/mol. The van der Waals surface area contributed by atoms with Crippen LogP contribution < -0.4 is 16.0 Å². The van der Waals surface area contributed by atoms with Crippen LogP contribution in [0.3, 0.4) is 0 Å². The molecule has 1 unspecified atom stereocenters. The number of nitrogens with zero attached hydrogens (tertiary/aromatic N) is 1. The third-order valence-electron chi connectivity index (χ3n) is 3.08. The van der Waals surface area contributed by atoms with Crippen LogP contribution in [-0.2, 0) is 30.5 Å². The number of ether oxygens (including phenoxy) is 2. The Morgan fingerprint density at radius 1 is 1.07 bits per heavy atom. The lowest BCUT2D eigenvalue weighted by molar-refractivity contribution is -0.142. The van der Waals surface area contributed by atoms with Crippen molar-refractivity contribution in [3.8, 4) is 6.07 Å². The standard InChI is InChI=1S/C17H20N4O6/c1-12(16(24)19-10-15(23)26-8-7-18)21-14(22)9-20-17(25)27-11-13-5-3-2-4-6-13/h2-6,12H,8-11H2,1H3,(H,19,24)(H,20,25)(H,21,22). The highest BCUT2D eigenvalue weighted by Crippen LogP contribution is 2.00. The largest absolute Gasteiger partial charge is 0.449 e. The molecular formula is C17H20N4O6. The molecule has 0 radical (unpaired) electrons. The number of carbonyl (C=O) groups is 4. The molecule has 0 aliphatic rings. The molecule has 3 amide bonds. The third kappa shape index (κ3) is 9.45. The number of alkyl carbamates (subject to hydrolysis) is 1. The van der Waals surface area contributed by atoms with Gasteiger partial charge in [0.15, 0.2) is 6.61 Å². The second-order valence-electron chi connectivity index (χ2n) is 5.24. The van der Waals surface area contributed by atoms with E-state index >= 15 is 0 Å². The van der Waals surface area contributed by atoms with E-state index in [1.165, 1.54) is 6.92 Å². The molecule has 0 saturated heterocycles. The van der Waals surface area contributed by atoms with Crippen LogP contribution in [0.25, 0.3) is 0 Å². The van der Waals surface area contributed by atoms with Gasteiger partial charge in [-0.05, 0) is 12.5 Å². The fourth-order valence-corrected chi connectivity index (χ4v) is 1.76. The molecule has 0 spiro atoms. The Bertz CT molecular complexity index is 701. The lowest BCUT2D eigenvalue weighted by Crippen LogP contribution is -2.48. The van der Waals surface area contributed by atoms with Crippen LogP contribution in [0.4, 0.5) is 4.79 Å². The van der Waals surface area contributed by atoms with E-state index in [4.69, 9.17) is 10.00 Å². The number of esters is 1. The summed E-state index contributed by atoms with van der Waals surface area (Å²) in [7, 11) is 0. The molecule has 1 aromatic rings. The Morgan fingerprint density at radius 3 is 2.44 bits per heavy atom. The fourth-order valence-electron chi connectivity index (χ4n) is 1.76. The first-order valence-corrected chi connectivity index (χ1v) is 7.96. The van der Waals surface area contributed by atoms with Gasteiger partial charge in [-0.15, -0.1) is 0 Å². The lowest BCUT2D eigenvalue weighted by Gasteiger charge is -2.14. The van der Waals surface area contributed by atoms with Gasteiger partial charge in [-0.1, -0.05) is 30.3 Å². The minimum absolute atomic E-state index is 0.0645. The van der Waals surface area contributed by atoms with Crippen LogP contribution in [0.1, 0.15) is 12.5 Å². The van der Waals surface area contributed by atoms with Crippen molar-refractivity contribution >= 4 is 23.9 Å². The van der Waals surface area contributed by atoms with Gasteiger partial charge in [0.25, 0.3) is 0 Å². The van der Waals surface area contributed by atoms with Gasteiger partial charge >= 0.3 is 12.1 Å². The predicted molar refractivity (Wildman–Crippen MR) is 91.8 cm³/mol. The van der Waals surface area contributed by atoms with Crippen molar-refractivity contribution in [1.82, 2.24) is 16.0 Å². The van der Waals surface area contributed by atoms with E-state index in [1.807, 2.05) is 6.07 Å². The average Bonchev–Trinajstić information content (AvgIpc) is 2.67. The summed E-state index contributed by atoms with van der Waals surface area (Å²) < 4.78 is 9.40. The maximum Gasteiger partial charge on any atom is 0.407 e. The Balaban J connectivity index is 2.22. The van der Waals surface area contributed by atoms with Gasteiger partial charge in [-0.3, -0.25) is 14.4 Å². The molecule has 0 aromatic heterocycles. The Hall–Kier alpha value is -3.61. The third-order valence-corrected chi connectivity index (χ3v) is 3.08. The molecular weight excluding hydrogens is 356 g/mol. The summed E-state index contributed by atoms with van der Waals surface area (Å²) >= 11 is 0. The molecule has 10 heteroatoms. The van der Waals surface area contributed by atoms with Crippen LogP contribution in [0.5, 0.6) is 0 Å². The predicted octanol–water partition coefficient (Wildman–Crippen LogP) is -0.400. The van der Waals surface area contributed by atoms with Crippen molar-refractivity contribution in [2.24, 2.45) is 0 Å². The first-order valence-electron chi connectivity index (χ1n) is 7.96. The number of benzene rings is 1. The molecule has 0 fully saturated rings. The minimum atomic E-state index is -0.941. The topological polar surface area (TPSA) is 147 Å². The summed E-state index contributed by atoms with van der Waals surface area (Å²) in [6, 6.07) is 9.70. The van der Waals surface area contributed by atoms with E-state index in [1.54, 1.807) is 30.3 Å². The van der Waals surface area contributed by atoms with Crippen molar-refractivity contribution in [3.05, 3.63) is 35.9 Å². The zero-order chi connectivity index (χ0) is 20.1. The highest BCUT2D eigenvalue weighted by atomic mass is 16.5. The highest BCUT2D eigenvalue weighted by Gasteiger charge is 2.17. The van der Waals surface area contributed by atoms with Crippen molar-refractivity contribution in [2.45, 2.75) is 19.6 Å². The van der Waals surface area contributed by atoms with Crippen LogP contribution in [0.15, 0.2) is 30.3 Å². The second kappa shape index (κ2) is 11.9. The Labute approximate surface area is 155 Å². The molecule has 27 heavy (non-hydrogen) atoms. The molecule has 10 nitrogen and oxygen atoms in total. The summed E-state index contributed by atoms with van der Waals surface area (Å²) in [5.74, 6) is -2.00. The number of nitrogens with one attached hydrogen (secondary N) is 3.